The molecule has 9 heteroatoms. The van der Waals surface area contributed by atoms with Gasteiger partial charge in [0.25, 0.3) is 11.8 Å². The lowest BCUT2D eigenvalue weighted by Crippen LogP contribution is -2.31. The summed E-state index contributed by atoms with van der Waals surface area (Å²) in [6.07, 6.45) is 0.582. The van der Waals surface area contributed by atoms with E-state index in [-0.39, 0.29) is 30.7 Å². The molecule has 0 fully saturated rings. The van der Waals surface area contributed by atoms with E-state index in [1.807, 2.05) is 44.1 Å². The summed E-state index contributed by atoms with van der Waals surface area (Å²) < 4.78 is 0. The lowest BCUT2D eigenvalue weighted by Gasteiger charge is -2.14. The first-order valence-electron chi connectivity index (χ1n) is 11.0. The molecule has 3 amide bonds. The number of fused-ring (bicyclic) bond motifs is 1. The van der Waals surface area contributed by atoms with E-state index in [0.29, 0.717) is 34.9 Å². The maximum atomic E-state index is 12.4. The van der Waals surface area contributed by atoms with Crippen molar-refractivity contribution < 1.29 is 14.4 Å². The molecule has 1 aliphatic rings. The van der Waals surface area contributed by atoms with E-state index in [4.69, 9.17) is 0 Å². The monoisotopic (exact) mass is 458 g/mol. The van der Waals surface area contributed by atoms with E-state index in [1.165, 1.54) is 4.90 Å². The van der Waals surface area contributed by atoms with Gasteiger partial charge in [-0.25, -0.2) is 9.97 Å². The van der Waals surface area contributed by atoms with E-state index in [2.05, 4.69) is 20.6 Å². The second kappa shape index (κ2) is 9.70. The van der Waals surface area contributed by atoms with E-state index >= 15 is 0 Å². The molecule has 0 radical (unpaired) electrons. The third kappa shape index (κ3) is 5.03. The van der Waals surface area contributed by atoms with Crippen LogP contribution in [0.15, 0.2) is 54.6 Å². The Kier molecular flexibility index (Phi) is 6.53. The molecule has 0 bridgehead atoms. The van der Waals surface area contributed by atoms with Crippen LogP contribution in [0, 0.1) is 6.92 Å². The molecule has 3 aromatic rings. The van der Waals surface area contributed by atoms with Crippen LogP contribution in [0.2, 0.25) is 0 Å². The maximum Gasteiger partial charge on any atom is 0.261 e. The van der Waals surface area contributed by atoms with Crippen LogP contribution in [0.4, 0.5) is 23.0 Å². The average molecular weight is 459 g/mol. The predicted molar refractivity (Wildman–Crippen MR) is 130 cm³/mol. The van der Waals surface area contributed by atoms with Gasteiger partial charge >= 0.3 is 0 Å². The summed E-state index contributed by atoms with van der Waals surface area (Å²) >= 11 is 0. The molecule has 1 aromatic heterocycles. The Balaban J connectivity index is 1.28. The molecule has 2 N–H and O–H groups in total. The predicted octanol–water partition coefficient (Wildman–Crippen LogP) is 3.61. The Morgan fingerprint density at radius 3 is 2.18 bits per heavy atom. The number of aryl methyl sites for hydroxylation is 1. The number of nitrogens with zero attached hydrogens (tertiary/aromatic N) is 4. The molecule has 9 nitrogen and oxygen atoms in total. The van der Waals surface area contributed by atoms with Gasteiger partial charge in [-0.15, -0.1) is 0 Å². The zero-order valence-corrected chi connectivity index (χ0v) is 19.3. The van der Waals surface area contributed by atoms with Crippen LogP contribution in [0.1, 0.15) is 39.4 Å². The first-order valence-corrected chi connectivity index (χ1v) is 11.0. The van der Waals surface area contributed by atoms with Gasteiger partial charge in [0, 0.05) is 44.5 Å². The zero-order chi connectivity index (χ0) is 24.2. The van der Waals surface area contributed by atoms with Crippen molar-refractivity contribution in [3.05, 3.63) is 71.5 Å². The third-order valence-corrected chi connectivity index (χ3v) is 5.39. The fraction of sp³-hybridized carbons (Fsp3) is 0.240. The molecular formula is C25H26N6O3. The number of hydrogen-bond acceptors (Lipinski definition) is 7. The highest BCUT2D eigenvalue weighted by Gasteiger charge is 2.34. The van der Waals surface area contributed by atoms with Crippen molar-refractivity contribution in [3.63, 3.8) is 0 Å². The van der Waals surface area contributed by atoms with Gasteiger partial charge in [0.15, 0.2) is 0 Å². The number of hydrogen-bond donors (Lipinski definition) is 2. The first-order chi connectivity index (χ1) is 16.3. The lowest BCUT2D eigenvalue weighted by atomic mass is 10.1. The lowest BCUT2D eigenvalue weighted by molar-refractivity contribution is -0.116. The summed E-state index contributed by atoms with van der Waals surface area (Å²) in [5.74, 6) is 1.36. The summed E-state index contributed by atoms with van der Waals surface area (Å²) in [5, 5.41) is 6.09. The Labute approximate surface area is 197 Å². The minimum absolute atomic E-state index is 0.181. The van der Waals surface area contributed by atoms with Gasteiger partial charge in [-0.05, 0) is 49.7 Å². The SMILES string of the molecule is Cc1nc(Nc2ccc(NC(=O)CCCN3C(=O)c4ccccc4C3=O)cc2)cc(N(C)C)n1. The van der Waals surface area contributed by atoms with Crippen molar-refractivity contribution in [2.24, 2.45) is 0 Å². The molecule has 0 unspecified atom stereocenters. The molecule has 2 aromatic carbocycles. The van der Waals surface area contributed by atoms with Gasteiger partial charge < -0.3 is 15.5 Å². The molecule has 0 aliphatic carbocycles. The largest absolute Gasteiger partial charge is 0.363 e. The number of amides is 3. The highest BCUT2D eigenvalue weighted by atomic mass is 16.2. The van der Waals surface area contributed by atoms with Gasteiger partial charge in [0.1, 0.15) is 17.5 Å². The smallest absolute Gasteiger partial charge is 0.261 e. The molecule has 0 atom stereocenters. The second-order valence-electron chi connectivity index (χ2n) is 8.21. The molecule has 0 saturated carbocycles. The van der Waals surface area contributed by atoms with Crippen LogP contribution in [0.5, 0.6) is 0 Å². The second-order valence-corrected chi connectivity index (χ2v) is 8.21. The standard InChI is InChI=1S/C25H26N6O3/c1-16-26-21(15-22(27-16)30(2)3)28-17-10-12-18(13-11-17)29-23(32)9-6-14-31-24(33)19-7-4-5-8-20(19)25(31)34/h4-5,7-8,10-13,15H,6,9,14H2,1-3H3,(H,29,32)(H,26,27,28). The minimum atomic E-state index is -0.305. The summed E-state index contributed by atoms with van der Waals surface area (Å²) in [6, 6.07) is 15.9. The molecule has 0 spiro atoms. The maximum absolute atomic E-state index is 12.4. The number of anilines is 4. The number of aromatic nitrogens is 2. The van der Waals surface area contributed by atoms with E-state index in [9.17, 15) is 14.4 Å². The van der Waals surface area contributed by atoms with Crippen LogP contribution in [-0.4, -0.2) is 53.2 Å². The topological polar surface area (TPSA) is 108 Å². The minimum Gasteiger partial charge on any atom is -0.363 e. The van der Waals surface area contributed by atoms with Crippen molar-refractivity contribution in [2.75, 3.05) is 36.2 Å². The van der Waals surface area contributed by atoms with Gasteiger partial charge in [-0.3, -0.25) is 19.3 Å². The number of carbonyl (C=O) groups is 3. The normalized spacial score (nSPS) is 12.5. The fourth-order valence-electron chi connectivity index (χ4n) is 3.69. The van der Waals surface area contributed by atoms with Gasteiger partial charge in [-0.2, -0.15) is 0 Å². The number of rotatable bonds is 8. The summed E-state index contributed by atoms with van der Waals surface area (Å²) in [7, 11) is 3.84. The quantitative estimate of drug-likeness (QED) is 0.497. The van der Waals surface area contributed by atoms with Crippen molar-refractivity contribution in [3.8, 4) is 0 Å². The van der Waals surface area contributed by atoms with Gasteiger partial charge in [0.2, 0.25) is 5.91 Å². The van der Waals surface area contributed by atoms with Crippen molar-refractivity contribution in [1.82, 2.24) is 14.9 Å². The Morgan fingerprint density at radius 1 is 0.941 bits per heavy atom. The molecule has 34 heavy (non-hydrogen) atoms. The number of nitrogens with one attached hydrogen (secondary N) is 2. The molecule has 0 saturated heterocycles. The number of carbonyl (C=O) groups excluding carboxylic acids is 3. The van der Waals surface area contributed by atoms with Crippen LogP contribution in [0.25, 0.3) is 0 Å². The van der Waals surface area contributed by atoms with Crippen LogP contribution < -0.4 is 15.5 Å². The van der Waals surface area contributed by atoms with Crippen LogP contribution >= 0.6 is 0 Å². The average Bonchev–Trinajstić information content (AvgIpc) is 3.05. The first kappa shape index (κ1) is 22.9. The Hall–Kier alpha value is -4.27. The summed E-state index contributed by atoms with van der Waals surface area (Å²) in [5.41, 5.74) is 2.32. The van der Waals surface area contributed by atoms with E-state index in [1.54, 1.807) is 36.4 Å². The van der Waals surface area contributed by atoms with Crippen LogP contribution in [-0.2, 0) is 4.79 Å². The summed E-state index contributed by atoms with van der Waals surface area (Å²) in [4.78, 5) is 49.0. The summed E-state index contributed by atoms with van der Waals surface area (Å²) in [6.45, 7) is 2.04. The van der Waals surface area contributed by atoms with Crippen molar-refractivity contribution >= 4 is 40.7 Å². The molecule has 1 aliphatic heterocycles. The van der Waals surface area contributed by atoms with Gasteiger partial charge in [0.05, 0.1) is 11.1 Å². The highest BCUT2D eigenvalue weighted by molar-refractivity contribution is 6.21. The Bertz CT molecular complexity index is 1200. The third-order valence-electron chi connectivity index (χ3n) is 5.39. The van der Waals surface area contributed by atoms with E-state index in [0.717, 1.165) is 11.5 Å². The van der Waals surface area contributed by atoms with Crippen LogP contribution in [0.3, 0.4) is 0 Å². The van der Waals surface area contributed by atoms with Crippen molar-refractivity contribution in [2.45, 2.75) is 19.8 Å². The molecule has 4 rings (SSSR count). The number of benzene rings is 2. The Morgan fingerprint density at radius 2 is 1.56 bits per heavy atom. The zero-order valence-electron chi connectivity index (χ0n) is 19.3. The fourth-order valence-corrected chi connectivity index (χ4v) is 3.69. The van der Waals surface area contributed by atoms with E-state index < -0.39 is 0 Å². The number of imide groups is 1. The molecular weight excluding hydrogens is 432 g/mol. The van der Waals surface area contributed by atoms with Gasteiger partial charge in [-0.1, -0.05) is 12.1 Å². The molecule has 2 heterocycles. The van der Waals surface area contributed by atoms with Crippen molar-refractivity contribution in [1.29, 1.82) is 0 Å². The highest BCUT2D eigenvalue weighted by Crippen LogP contribution is 2.23. The molecule has 174 valence electrons.